The van der Waals surface area contributed by atoms with Crippen molar-refractivity contribution in [3.05, 3.63) is 60.3 Å². The van der Waals surface area contributed by atoms with E-state index in [0.29, 0.717) is 19.4 Å². The predicted octanol–water partition coefficient (Wildman–Crippen LogP) is 5.13. The Balaban J connectivity index is 1.22. The molecule has 0 aliphatic carbocycles. The first kappa shape index (κ1) is 39.1. The molecular weight excluding hydrogens is 669 g/mol. The van der Waals surface area contributed by atoms with Crippen molar-refractivity contribution in [3.8, 4) is 0 Å². The van der Waals surface area contributed by atoms with E-state index in [1.165, 1.54) is 13.0 Å². The number of aliphatic hydroxyl groups excluding tert-OH is 1. The van der Waals surface area contributed by atoms with Gasteiger partial charge in [0.25, 0.3) is 0 Å². The number of ether oxygens (including phenoxy) is 5. The topological polar surface area (TPSA) is 146 Å². The second-order valence-corrected chi connectivity index (χ2v) is 15.9. The smallest absolute Gasteiger partial charge is 0.308 e. The van der Waals surface area contributed by atoms with Gasteiger partial charge in [0.2, 0.25) is 5.91 Å². The fourth-order valence-electron chi connectivity index (χ4n) is 5.90. The van der Waals surface area contributed by atoms with Gasteiger partial charge in [-0.15, -0.1) is 0 Å². The van der Waals surface area contributed by atoms with Crippen LogP contribution >= 0.6 is 21.6 Å². The third-order valence-corrected chi connectivity index (χ3v) is 11.5. The lowest BCUT2D eigenvalue weighted by Crippen LogP contribution is -2.50. The van der Waals surface area contributed by atoms with Crippen LogP contribution in [0.5, 0.6) is 0 Å². The number of rotatable bonds is 15. The van der Waals surface area contributed by atoms with Crippen LogP contribution in [-0.4, -0.2) is 94.7 Å². The highest BCUT2D eigenvalue weighted by Gasteiger charge is 2.58. The maximum absolute atomic E-state index is 12.7. The number of carbonyl (C=O) groups excluding carboxylic acids is 3. The maximum Gasteiger partial charge on any atom is 0.308 e. The normalized spacial score (nSPS) is 31.4. The van der Waals surface area contributed by atoms with Crippen molar-refractivity contribution in [2.24, 2.45) is 5.92 Å². The Hall–Kier alpha value is -2.68. The van der Waals surface area contributed by atoms with E-state index in [2.05, 4.69) is 23.3 Å². The molecule has 1 aromatic heterocycles. The van der Waals surface area contributed by atoms with Crippen LogP contribution in [0.25, 0.3) is 0 Å². The molecule has 3 aliphatic heterocycles. The first-order valence-corrected chi connectivity index (χ1v) is 19.1. The molecule has 13 heteroatoms. The summed E-state index contributed by atoms with van der Waals surface area (Å²) in [5.41, 5.74) is 0.298. The number of aliphatic hydroxyl groups is 1. The predicted molar refractivity (Wildman–Crippen MR) is 189 cm³/mol. The van der Waals surface area contributed by atoms with Crippen LogP contribution in [-0.2, 0) is 38.1 Å². The van der Waals surface area contributed by atoms with Crippen LogP contribution in [0.1, 0.15) is 67.2 Å². The van der Waals surface area contributed by atoms with Crippen LogP contribution in [0.15, 0.2) is 65.4 Å². The Morgan fingerprint density at radius 2 is 1.96 bits per heavy atom. The Morgan fingerprint density at radius 3 is 2.65 bits per heavy atom. The van der Waals surface area contributed by atoms with E-state index in [1.807, 2.05) is 51.1 Å². The third kappa shape index (κ3) is 12.6. The standard InChI is InChI=1S/C36H50N2O9S2/c1-22(10-13-30-23(2)17-29(26(5)46-30)38-32(40)15-12-24(3)45-27(6)39)11-14-31-35(42)36(21-44-36)19-28(47-31)18-34(41)43-20-25(4)48-49-33-9-7-8-16-37-33/h7-12,14-16,23-26,28-31,35,42H,13,17-21H2,1-6H3,(H,38,40)/b14-11+,15-12-,22-10+/t23-,24-,25+,26+,28+,29+,30?,31+,35-,36+/m0/s1. The quantitative estimate of drug-likeness (QED) is 0.0815. The zero-order valence-corrected chi connectivity index (χ0v) is 30.7. The number of allylic oxidation sites excluding steroid dienone is 2. The lowest BCUT2D eigenvalue weighted by Gasteiger charge is -2.39. The fraction of sp³-hybridized carbons (Fsp3) is 0.611. The summed E-state index contributed by atoms with van der Waals surface area (Å²) in [6.45, 7) is 11.8. The number of epoxide rings is 1. The van der Waals surface area contributed by atoms with Gasteiger partial charge in [-0.1, -0.05) is 47.6 Å². The Kier molecular flexibility index (Phi) is 14.8. The summed E-state index contributed by atoms with van der Waals surface area (Å²) in [4.78, 5) is 40.5. The monoisotopic (exact) mass is 718 g/mol. The summed E-state index contributed by atoms with van der Waals surface area (Å²) in [6, 6.07) is 5.61. The average molecular weight is 719 g/mol. The van der Waals surface area contributed by atoms with E-state index in [0.717, 1.165) is 17.0 Å². The summed E-state index contributed by atoms with van der Waals surface area (Å²) >= 11 is 0. The van der Waals surface area contributed by atoms with E-state index in [4.69, 9.17) is 23.7 Å². The van der Waals surface area contributed by atoms with Gasteiger partial charge in [-0.05, 0) is 75.5 Å². The number of aromatic nitrogens is 1. The summed E-state index contributed by atoms with van der Waals surface area (Å²) in [6.07, 6.45) is 9.95. The molecule has 1 aromatic rings. The van der Waals surface area contributed by atoms with Crippen molar-refractivity contribution >= 4 is 39.4 Å². The number of hydrogen-bond donors (Lipinski definition) is 2. The molecule has 4 heterocycles. The molecule has 2 N–H and O–H groups in total. The Labute approximate surface area is 297 Å². The summed E-state index contributed by atoms with van der Waals surface area (Å²) in [5, 5.41) is 15.0. The minimum absolute atomic E-state index is 0.0178. The second-order valence-electron chi connectivity index (χ2n) is 13.2. The first-order valence-electron chi connectivity index (χ1n) is 16.9. The molecule has 0 aromatic carbocycles. The Morgan fingerprint density at radius 1 is 1.18 bits per heavy atom. The van der Waals surface area contributed by atoms with Crippen molar-refractivity contribution in [3.63, 3.8) is 0 Å². The van der Waals surface area contributed by atoms with Gasteiger partial charge in [-0.3, -0.25) is 14.4 Å². The molecule has 4 rings (SSSR count). The molecule has 0 bridgehead atoms. The van der Waals surface area contributed by atoms with Gasteiger partial charge in [0, 0.05) is 30.9 Å². The summed E-state index contributed by atoms with van der Waals surface area (Å²) in [5.74, 6) is -0.787. The SMILES string of the molecule is CC(=O)O[C@@H](C)/C=C\C(=O)N[C@@H]1C[C@H](C)C(C/C=C(C)/C=C/[C@H]2O[C@H](CC(=O)OC[C@@H](C)SSc3ccccn3)C[C@@]3(CO3)[C@H]2O)O[C@@H]1C. The molecule has 1 spiro atoms. The highest BCUT2D eigenvalue weighted by atomic mass is 33.1. The van der Waals surface area contributed by atoms with Gasteiger partial charge >= 0.3 is 11.9 Å². The van der Waals surface area contributed by atoms with Gasteiger partial charge in [0.05, 0.1) is 37.4 Å². The third-order valence-electron chi connectivity index (χ3n) is 8.73. The van der Waals surface area contributed by atoms with Crippen molar-refractivity contribution in [1.82, 2.24) is 10.3 Å². The zero-order chi connectivity index (χ0) is 35.6. The molecule has 3 saturated heterocycles. The first-order chi connectivity index (χ1) is 23.3. The van der Waals surface area contributed by atoms with E-state index in [1.54, 1.807) is 40.8 Å². The zero-order valence-electron chi connectivity index (χ0n) is 29.1. The molecule has 3 aliphatic rings. The maximum atomic E-state index is 12.7. The van der Waals surface area contributed by atoms with E-state index in [-0.39, 0.29) is 54.3 Å². The van der Waals surface area contributed by atoms with Crippen molar-refractivity contribution in [1.29, 1.82) is 0 Å². The molecular formula is C36H50N2O9S2. The minimum atomic E-state index is -0.835. The molecule has 1 unspecified atom stereocenters. The molecule has 0 saturated carbocycles. The van der Waals surface area contributed by atoms with Crippen molar-refractivity contribution < 1.29 is 43.2 Å². The van der Waals surface area contributed by atoms with Crippen LogP contribution < -0.4 is 5.32 Å². The summed E-state index contributed by atoms with van der Waals surface area (Å²) in [7, 11) is 3.15. The fourth-order valence-corrected chi connectivity index (χ4v) is 7.77. The highest BCUT2D eigenvalue weighted by molar-refractivity contribution is 8.76. The number of pyridine rings is 1. The van der Waals surface area contributed by atoms with Crippen LogP contribution in [0.3, 0.4) is 0 Å². The minimum Gasteiger partial charge on any atom is -0.464 e. The largest absolute Gasteiger partial charge is 0.464 e. The molecule has 1 amide bonds. The number of amides is 1. The van der Waals surface area contributed by atoms with Gasteiger partial charge in [0.1, 0.15) is 35.5 Å². The molecule has 270 valence electrons. The van der Waals surface area contributed by atoms with Crippen LogP contribution in [0.4, 0.5) is 0 Å². The molecule has 11 nitrogen and oxygen atoms in total. The number of nitrogens with zero attached hydrogens (tertiary/aromatic N) is 1. The van der Waals surface area contributed by atoms with E-state index < -0.39 is 36.0 Å². The number of carbonyl (C=O) groups is 3. The van der Waals surface area contributed by atoms with E-state index >= 15 is 0 Å². The lowest BCUT2D eigenvalue weighted by molar-refractivity contribution is -0.159. The van der Waals surface area contributed by atoms with E-state index in [9.17, 15) is 19.5 Å². The number of nitrogens with one attached hydrogen (secondary N) is 1. The van der Waals surface area contributed by atoms with Crippen LogP contribution in [0.2, 0.25) is 0 Å². The van der Waals surface area contributed by atoms with Crippen molar-refractivity contribution in [2.45, 2.75) is 126 Å². The van der Waals surface area contributed by atoms with Gasteiger partial charge in [-0.25, -0.2) is 4.98 Å². The van der Waals surface area contributed by atoms with Gasteiger partial charge in [0.15, 0.2) is 0 Å². The lowest BCUT2D eigenvalue weighted by atomic mass is 9.87. The number of esters is 2. The number of hydrogen-bond acceptors (Lipinski definition) is 12. The second kappa shape index (κ2) is 18.5. The Bertz CT molecular complexity index is 1350. The van der Waals surface area contributed by atoms with Gasteiger partial charge < -0.3 is 34.1 Å². The van der Waals surface area contributed by atoms with Crippen molar-refractivity contribution in [2.75, 3.05) is 13.2 Å². The highest BCUT2D eigenvalue weighted by Crippen LogP contribution is 2.43. The van der Waals surface area contributed by atoms with Crippen LogP contribution in [0, 0.1) is 5.92 Å². The molecule has 10 atom stereocenters. The molecule has 49 heavy (non-hydrogen) atoms. The average Bonchev–Trinajstić information content (AvgIpc) is 3.83. The molecule has 3 fully saturated rings. The summed E-state index contributed by atoms with van der Waals surface area (Å²) < 4.78 is 28.7. The molecule has 0 radical (unpaired) electrons. The van der Waals surface area contributed by atoms with Gasteiger partial charge in [-0.2, -0.15) is 0 Å².